The van der Waals surface area contributed by atoms with E-state index in [2.05, 4.69) is 10.1 Å². The summed E-state index contributed by atoms with van der Waals surface area (Å²) in [6.45, 7) is 6.57. The monoisotopic (exact) mass is 537 g/mol. The lowest BCUT2D eigenvalue weighted by atomic mass is 9.98. The molecule has 3 aromatic heterocycles. The largest absolute Gasteiger partial charge is 0.466 e. The fraction of sp³-hybridized carbons (Fsp3) is 0.370. The van der Waals surface area contributed by atoms with E-state index in [1.807, 2.05) is 6.92 Å². The molecule has 5 rings (SSSR count). The highest BCUT2D eigenvalue weighted by Crippen LogP contribution is 2.24. The van der Waals surface area contributed by atoms with Gasteiger partial charge in [-0.2, -0.15) is 5.10 Å². The van der Waals surface area contributed by atoms with Crippen molar-refractivity contribution in [2.75, 3.05) is 19.7 Å². The van der Waals surface area contributed by atoms with E-state index >= 15 is 0 Å². The molecule has 38 heavy (non-hydrogen) atoms. The van der Waals surface area contributed by atoms with Gasteiger partial charge in [0.2, 0.25) is 5.91 Å². The molecule has 1 saturated heterocycles. The number of fused-ring (bicyclic) bond motifs is 1. The van der Waals surface area contributed by atoms with Gasteiger partial charge in [0, 0.05) is 29.9 Å². The van der Waals surface area contributed by atoms with Crippen molar-refractivity contribution in [1.29, 1.82) is 0 Å². The average Bonchev–Trinajstić information content (AvgIpc) is 3.47. The number of halogens is 1. The number of piperidine rings is 1. The molecule has 0 bridgehead atoms. The van der Waals surface area contributed by atoms with Gasteiger partial charge in [-0.05, 0) is 63.9 Å². The van der Waals surface area contributed by atoms with Gasteiger partial charge in [0.05, 0.1) is 35.9 Å². The number of hydrogen-bond donors (Lipinski definition) is 0. The van der Waals surface area contributed by atoms with Crippen LogP contribution in [0.4, 0.5) is 4.39 Å². The number of aromatic nitrogens is 4. The molecule has 1 atom stereocenters. The Morgan fingerprint density at radius 2 is 1.97 bits per heavy atom. The highest BCUT2D eigenvalue weighted by Gasteiger charge is 2.30. The fourth-order valence-electron chi connectivity index (χ4n) is 4.89. The predicted molar refractivity (Wildman–Crippen MR) is 141 cm³/mol. The van der Waals surface area contributed by atoms with Crippen LogP contribution in [0.3, 0.4) is 0 Å². The van der Waals surface area contributed by atoms with Gasteiger partial charge >= 0.3 is 5.97 Å². The lowest BCUT2D eigenvalue weighted by Gasteiger charge is -2.31. The van der Waals surface area contributed by atoms with Gasteiger partial charge in [-0.3, -0.25) is 18.8 Å². The van der Waals surface area contributed by atoms with Crippen LogP contribution in [0.25, 0.3) is 21.9 Å². The first-order valence-corrected chi connectivity index (χ1v) is 13.4. The standard InChI is InChI=1S/C27H28FN5O4S/c1-4-37-26(36)18-6-5-11-31(14-18)23(34)13-21-15-38-27-29-17(3)24(25(35)32(21)27)22-12-16(2)33(30-22)20-9-7-19(28)8-10-20/h7-10,12,15,18H,4-6,11,13-14H2,1-3H3/t18-/m1/s1. The van der Waals surface area contributed by atoms with Crippen molar-refractivity contribution in [2.45, 2.75) is 40.0 Å². The van der Waals surface area contributed by atoms with Crippen LogP contribution in [0.15, 0.2) is 40.5 Å². The summed E-state index contributed by atoms with van der Waals surface area (Å²) in [5.41, 5.74) is 3.02. The maximum Gasteiger partial charge on any atom is 0.310 e. The van der Waals surface area contributed by atoms with Crippen LogP contribution in [0.5, 0.6) is 0 Å². The van der Waals surface area contributed by atoms with Crippen LogP contribution >= 0.6 is 11.3 Å². The Bertz CT molecular complexity index is 1570. The van der Waals surface area contributed by atoms with E-state index in [0.717, 1.165) is 12.1 Å². The van der Waals surface area contributed by atoms with Crippen LogP contribution in [0.1, 0.15) is 36.8 Å². The molecular formula is C27H28FN5O4S. The van der Waals surface area contributed by atoms with Gasteiger partial charge < -0.3 is 9.64 Å². The average molecular weight is 538 g/mol. The van der Waals surface area contributed by atoms with Crippen LogP contribution < -0.4 is 5.56 Å². The SMILES string of the molecule is CCOC(=O)[C@@H]1CCCN(C(=O)Cc2csc3nc(C)c(-c4cc(C)n(-c5ccc(F)cc5)n4)c(=O)n23)C1. The number of aryl methyl sites for hydroxylation is 2. The minimum atomic E-state index is -0.344. The van der Waals surface area contributed by atoms with Gasteiger partial charge in [0.1, 0.15) is 11.5 Å². The Hall–Kier alpha value is -3.86. The first-order valence-electron chi connectivity index (χ1n) is 12.5. The normalized spacial score (nSPS) is 15.7. The first-order chi connectivity index (χ1) is 18.3. The molecule has 198 valence electrons. The minimum Gasteiger partial charge on any atom is -0.466 e. The molecule has 4 heterocycles. The maximum atomic E-state index is 13.7. The second kappa shape index (κ2) is 10.5. The summed E-state index contributed by atoms with van der Waals surface area (Å²) < 4.78 is 21.7. The zero-order chi connectivity index (χ0) is 27.0. The van der Waals surface area contributed by atoms with Crippen molar-refractivity contribution >= 4 is 28.2 Å². The van der Waals surface area contributed by atoms with E-state index in [0.29, 0.717) is 59.4 Å². The van der Waals surface area contributed by atoms with Crippen LogP contribution in [0.2, 0.25) is 0 Å². The molecule has 9 nitrogen and oxygen atoms in total. The van der Waals surface area contributed by atoms with Crippen molar-refractivity contribution in [3.63, 3.8) is 0 Å². The van der Waals surface area contributed by atoms with E-state index in [1.165, 1.54) is 27.9 Å². The number of rotatable bonds is 6. The van der Waals surface area contributed by atoms with E-state index in [4.69, 9.17) is 4.74 Å². The van der Waals surface area contributed by atoms with Crippen molar-refractivity contribution in [3.05, 3.63) is 69.0 Å². The number of amides is 1. The molecular weight excluding hydrogens is 509 g/mol. The summed E-state index contributed by atoms with van der Waals surface area (Å²) in [6.07, 6.45) is 1.43. The Morgan fingerprint density at radius 1 is 1.21 bits per heavy atom. The second-order valence-corrected chi connectivity index (χ2v) is 10.2. The maximum absolute atomic E-state index is 13.7. The number of thiazole rings is 1. The molecule has 0 saturated carbocycles. The molecule has 1 aliphatic heterocycles. The van der Waals surface area contributed by atoms with Gasteiger partial charge in [-0.25, -0.2) is 14.1 Å². The summed E-state index contributed by atoms with van der Waals surface area (Å²) in [6, 6.07) is 7.75. The molecule has 0 N–H and O–H groups in total. The van der Waals surface area contributed by atoms with Crippen molar-refractivity contribution in [3.8, 4) is 16.9 Å². The number of likely N-dealkylation sites (tertiary alicyclic amines) is 1. The van der Waals surface area contributed by atoms with Gasteiger partial charge in [-0.1, -0.05) is 0 Å². The highest BCUT2D eigenvalue weighted by atomic mass is 32.1. The smallest absolute Gasteiger partial charge is 0.310 e. The van der Waals surface area contributed by atoms with E-state index in [1.54, 1.807) is 47.0 Å². The number of carbonyl (C=O) groups is 2. The van der Waals surface area contributed by atoms with Gasteiger partial charge in [-0.15, -0.1) is 11.3 Å². The lowest BCUT2D eigenvalue weighted by Crippen LogP contribution is -2.43. The molecule has 0 aliphatic carbocycles. The summed E-state index contributed by atoms with van der Waals surface area (Å²) >= 11 is 1.30. The molecule has 4 aromatic rings. The van der Waals surface area contributed by atoms with Crippen molar-refractivity contribution < 1.29 is 18.7 Å². The first kappa shape index (κ1) is 25.8. The molecule has 1 amide bonds. The number of hydrogen-bond acceptors (Lipinski definition) is 7. The van der Waals surface area contributed by atoms with E-state index in [9.17, 15) is 18.8 Å². The fourth-order valence-corrected chi connectivity index (χ4v) is 5.81. The van der Waals surface area contributed by atoms with Crippen LogP contribution in [-0.2, 0) is 20.7 Å². The van der Waals surface area contributed by atoms with Crippen molar-refractivity contribution in [1.82, 2.24) is 24.1 Å². The summed E-state index contributed by atoms with van der Waals surface area (Å²) in [4.78, 5) is 46.0. The summed E-state index contributed by atoms with van der Waals surface area (Å²) in [5.74, 6) is -1.10. The third-order valence-corrected chi connectivity index (χ3v) is 7.64. The number of nitrogens with zero attached hydrogens (tertiary/aromatic N) is 5. The zero-order valence-electron chi connectivity index (χ0n) is 21.4. The molecule has 0 spiro atoms. The highest BCUT2D eigenvalue weighted by molar-refractivity contribution is 7.15. The zero-order valence-corrected chi connectivity index (χ0v) is 22.3. The number of ether oxygens (including phenoxy) is 1. The molecule has 0 radical (unpaired) electrons. The molecule has 1 aliphatic rings. The summed E-state index contributed by atoms with van der Waals surface area (Å²) in [5, 5.41) is 6.40. The Morgan fingerprint density at radius 3 is 2.71 bits per heavy atom. The lowest BCUT2D eigenvalue weighted by molar-refractivity contribution is -0.151. The third kappa shape index (κ3) is 4.85. The number of esters is 1. The number of benzene rings is 1. The Balaban J connectivity index is 1.45. The van der Waals surface area contributed by atoms with Crippen LogP contribution in [0, 0.1) is 25.6 Å². The molecule has 1 aromatic carbocycles. The van der Waals surface area contributed by atoms with E-state index in [-0.39, 0.29) is 35.6 Å². The Labute approximate surface area is 222 Å². The molecule has 0 unspecified atom stereocenters. The van der Waals surface area contributed by atoms with E-state index < -0.39 is 0 Å². The molecule has 1 fully saturated rings. The predicted octanol–water partition coefficient (Wildman–Crippen LogP) is 3.71. The van der Waals surface area contributed by atoms with Crippen molar-refractivity contribution in [2.24, 2.45) is 5.92 Å². The second-order valence-electron chi connectivity index (χ2n) is 9.39. The van der Waals surface area contributed by atoms with Gasteiger partial charge in [0.15, 0.2) is 4.96 Å². The minimum absolute atomic E-state index is 0.0165. The van der Waals surface area contributed by atoms with Gasteiger partial charge in [0.25, 0.3) is 5.56 Å². The topological polar surface area (TPSA) is 98.8 Å². The quantitative estimate of drug-likeness (QED) is 0.348. The Kier molecular flexibility index (Phi) is 7.11. The third-order valence-electron chi connectivity index (χ3n) is 6.76. The number of carbonyl (C=O) groups excluding carboxylic acids is 2. The molecule has 11 heteroatoms. The summed E-state index contributed by atoms with van der Waals surface area (Å²) in [7, 11) is 0. The van der Waals surface area contributed by atoms with Crippen LogP contribution in [-0.4, -0.2) is 55.6 Å².